The van der Waals surface area contributed by atoms with Crippen molar-refractivity contribution in [2.75, 3.05) is 42.6 Å². The second-order valence-electron chi connectivity index (χ2n) is 6.37. The third kappa shape index (κ3) is 6.05. The largest absolute Gasteiger partial charge is 0.390 e. The van der Waals surface area contributed by atoms with Crippen molar-refractivity contribution in [3.63, 3.8) is 0 Å². The number of nitrogens with zero attached hydrogens (tertiary/aromatic N) is 2. The quantitative estimate of drug-likeness (QED) is 0.765. The van der Waals surface area contributed by atoms with Crippen LogP contribution in [0.4, 0.5) is 11.4 Å². The van der Waals surface area contributed by atoms with Crippen molar-refractivity contribution >= 4 is 17.3 Å². The number of nitrogens with two attached hydrogens (primary N) is 1. The van der Waals surface area contributed by atoms with E-state index in [1.165, 1.54) is 0 Å². The third-order valence-corrected chi connectivity index (χ3v) is 4.43. The fourth-order valence-corrected chi connectivity index (χ4v) is 3.03. The molecule has 1 fully saturated rings. The SMILES string of the molecule is CC.NCC(O)CN(Cc1ccccc1)c1ccc(N2CCOCC2=O)cc1. The molecule has 0 aromatic heterocycles. The molecule has 0 saturated carbocycles. The number of hydrogen-bond donors (Lipinski definition) is 2. The molecule has 1 unspecified atom stereocenters. The van der Waals surface area contributed by atoms with E-state index in [0.717, 1.165) is 16.9 Å². The van der Waals surface area contributed by atoms with Crippen LogP contribution >= 0.6 is 0 Å². The highest BCUT2D eigenvalue weighted by Crippen LogP contribution is 2.23. The summed E-state index contributed by atoms with van der Waals surface area (Å²) in [5.41, 5.74) is 8.59. The summed E-state index contributed by atoms with van der Waals surface area (Å²) in [6.45, 7) is 6.58. The molecule has 28 heavy (non-hydrogen) atoms. The van der Waals surface area contributed by atoms with Gasteiger partial charge in [-0.25, -0.2) is 0 Å². The Labute approximate surface area is 167 Å². The van der Waals surface area contributed by atoms with Gasteiger partial charge in [-0.1, -0.05) is 44.2 Å². The average molecular weight is 386 g/mol. The Morgan fingerprint density at radius 1 is 1.14 bits per heavy atom. The van der Waals surface area contributed by atoms with Gasteiger partial charge in [0.15, 0.2) is 0 Å². The fraction of sp³-hybridized carbons (Fsp3) is 0.409. The number of carbonyl (C=O) groups excluding carboxylic acids is 1. The maximum absolute atomic E-state index is 12.0. The molecule has 1 aliphatic rings. The number of rotatable bonds is 7. The van der Waals surface area contributed by atoms with Crippen LogP contribution in [0, 0.1) is 0 Å². The summed E-state index contributed by atoms with van der Waals surface area (Å²) < 4.78 is 5.18. The Balaban J connectivity index is 0.00000136. The molecule has 2 aromatic rings. The van der Waals surface area contributed by atoms with Crippen LogP contribution in [0.5, 0.6) is 0 Å². The highest BCUT2D eigenvalue weighted by molar-refractivity contribution is 5.95. The van der Waals surface area contributed by atoms with Crippen LogP contribution in [0.2, 0.25) is 0 Å². The van der Waals surface area contributed by atoms with Crippen LogP contribution in [0.15, 0.2) is 54.6 Å². The van der Waals surface area contributed by atoms with Crippen LogP contribution in [0.1, 0.15) is 19.4 Å². The Morgan fingerprint density at radius 2 is 1.82 bits per heavy atom. The molecule has 6 heteroatoms. The standard InChI is InChI=1S/C20H25N3O3.C2H6/c21-12-19(24)14-22(13-16-4-2-1-3-5-16)17-6-8-18(9-7-17)23-10-11-26-15-20(23)25;1-2/h1-9,19,24H,10-15,21H2;1-2H3. The number of benzene rings is 2. The summed E-state index contributed by atoms with van der Waals surface area (Å²) in [6.07, 6.45) is -0.598. The summed E-state index contributed by atoms with van der Waals surface area (Å²) in [5, 5.41) is 10.0. The van der Waals surface area contributed by atoms with Crippen molar-refractivity contribution in [3.8, 4) is 0 Å². The molecule has 2 aromatic carbocycles. The zero-order chi connectivity index (χ0) is 20.4. The lowest BCUT2D eigenvalue weighted by atomic mass is 10.1. The third-order valence-electron chi connectivity index (χ3n) is 4.43. The Hall–Kier alpha value is -2.41. The van der Waals surface area contributed by atoms with Crippen LogP contribution in [-0.2, 0) is 16.1 Å². The summed E-state index contributed by atoms with van der Waals surface area (Å²) >= 11 is 0. The molecule has 0 aliphatic carbocycles. The number of ether oxygens (including phenoxy) is 1. The first kappa shape index (κ1) is 21.9. The Morgan fingerprint density at radius 3 is 2.43 bits per heavy atom. The predicted molar refractivity (Wildman–Crippen MR) is 114 cm³/mol. The summed E-state index contributed by atoms with van der Waals surface area (Å²) in [7, 11) is 0. The van der Waals surface area contributed by atoms with Gasteiger partial charge in [0.05, 0.1) is 12.7 Å². The fourth-order valence-electron chi connectivity index (χ4n) is 3.03. The molecule has 1 aliphatic heterocycles. The summed E-state index contributed by atoms with van der Waals surface area (Å²) in [6, 6.07) is 17.9. The summed E-state index contributed by atoms with van der Waals surface area (Å²) in [5.74, 6) is -0.0244. The van der Waals surface area contributed by atoms with E-state index >= 15 is 0 Å². The molecule has 0 radical (unpaired) electrons. The normalized spacial score (nSPS) is 14.9. The minimum absolute atomic E-state index is 0.0244. The maximum Gasteiger partial charge on any atom is 0.253 e. The van der Waals surface area contributed by atoms with Crippen molar-refractivity contribution in [3.05, 3.63) is 60.2 Å². The number of aliphatic hydroxyl groups is 1. The minimum Gasteiger partial charge on any atom is -0.390 e. The molecule has 1 saturated heterocycles. The molecule has 0 bridgehead atoms. The van der Waals surface area contributed by atoms with Gasteiger partial charge in [-0.2, -0.15) is 0 Å². The van der Waals surface area contributed by atoms with Gasteiger partial charge in [0.2, 0.25) is 0 Å². The monoisotopic (exact) mass is 385 g/mol. The van der Waals surface area contributed by atoms with Crippen LogP contribution in [0.3, 0.4) is 0 Å². The Kier molecular flexibility index (Phi) is 8.94. The zero-order valence-electron chi connectivity index (χ0n) is 16.8. The highest BCUT2D eigenvalue weighted by Gasteiger charge is 2.20. The van der Waals surface area contributed by atoms with Crippen molar-refractivity contribution < 1.29 is 14.6 Å². The molecule has 152 valence electrons. The van der Waals surface area contributed by atoms with Gasteiger partial charge >= 0.3 is 0 Å². The van der Waals surface area contributed by atoms with E-state index in [2.05, 4.69) is 17.0 Å². The van der Waals surface area contributed by atoms with Gasteiger partial charge in [-0.05, 0) is 29.8 Å². The molecule has 1 amide bonds. The van der Waals surface area contributed by atoms with E-state index in [0.29, 0.717) is 26.2 Å². The minimum atomic E-state index is -0.598. The van der Waals surface area contributed by atoms with E-state index < -0.39 is 6.10 Å². The van der Waals surface area contributed by atoms with Crippen molar-refractivity contribution in [2.45, 2.75) is 26.5 Å². The van der Waals surface area contributed by atoms with E-state index in [1.807, 2.05) is 56.3 Å². The van der Waals surface area contributed by atoms with Crippen LogP contribution < -0.4 is 15.5 Å². The smallest absolute Gasteiger partial charge is 0.253 e. The lowest BCUT2D eigenvalue weighted by molar-refractivity contribution is -0.125. The van der Waals surface area contributed by atoms with Gasteiger partial charge in [0.1, 0.15) is 6.61 Å². The summed E-state index contributed by atoms with van der Waals surface area (Å²) in [4.78, 5) is 15.8. The number of anilines is 2. The van der Waals surface area contributed by atoms with Crippen LogP contribution in [0.25, 0.3) is 0 Å². The van der Waals surface area contributed by atoms with Crippen molar-refractivity contribution in [1.29, 1.82) is 0 Å². The van der Waals surface area contributed by atoms with E-state index in [1.54, 1.807) is 4.90 Å². The molecular weight excluding hydrogens is 354 g/mol. The zero-order valence-corrected chi connectivity index (χ0v) is 16.8. The lowest BCUT2D eigenvalue weighted by Crippen LogP contribution is -2.41. The number of aliphatic hydroxyl groups excluding tert-OH is 1. The van der Waals surface area contributed by atoms with Crippen LogP contribution in [-0.4, -0.2) is 50.0 Å². The molecule has 3 rings (SSSR count). The molecule has 3 N–H and O–H groups in total. The number of morpholine rings is 1. The molecule has 6 nitrogen and oxygen atoms in total. The molecule has 1 heterocycles. The van der Waals surface area contributed by atoms with E-state index in [9.17, 15) is 9.90 Å². The second-order valence-corrected chi connectivity index (χ2v) is 6.37. The molecule has 1 atom stereocenters. The maximum atomic E-state index is 12.0. The van der Waals surface area contributed by atoms with Crippen molar-refractivity contribution in [1.82, 2.24) is 0 Å². The topological polar surface area (TPSA) is 79.0 Å². The first-order valence-corrected chi connectivity index (χ1v) is 9.82. The van der Waals surface area contributed by atoms with Gasteiger partial charge in [0, 0.05) is 37.6 Å². The molecular formula is C22H31N3O3. The van der Waals surface area contributed by atoms with E-state index in [-0.39, 0.29) is 19.1 Å². The first-order chi connectivity index (χ1) is 13.7. The van der Waals surface area contributed by atoms with Crippen molar-refractivity contribution in [2.24, 2.45) is 5.73 Å². The second kappa shape index (κ2) is 11.4. The van der Waals surface area contributed by atoms with Gasteiger partial charge in [0.25, 0.3) is 5.91 Å². The van der Waals surface area contributed by atoms with E-state index in [4.69, 9.17) is 10.5 Å². The van der Waals surface area contributed by atoms with Gasteiger partial charge in [-0.15, -0.1) is 0 Å². The van der Waals surface area contributed by atoms with Gasteiger partial charge in [-0.3, -0.25) is 4.79 Å². The number of carbonyl (C=O) groups is 1. The first-order valence-electron chi connectivity index (χ1n) is 9.82. The number of amides is 1. The average Bonchev–Trinajstić information content (AvgIpc) is 2.76. The Bertz CT molecular complexity index is 707. The highest BCUT2D eigenvalue weighted by atomic mass is 16.5. The van der Waals surface area contributed by atoms with Gasteiger partial charge < -0.3 is 25.4 Å². The lowest BCUT2D eigenvalue weighted by Gasteiger charge is -2.29. The predicted octanol–water partition coefficient (Wildman–Crippen LogP) is 2.40. The number of hydrogen-bond acceptors (Lipinski definition) is 5. The molecule has 0 spiro atoms.